The van der Waals surface area contributed by atoms with Gasteiger partial charge in [-0.2, -0.15) is 0 Å². The van der Waals surface area contributed by atoms with Crippen LogP contribution < -0.4 is 11.1 Å². The first-order valence-corrected chi connectivity index (χ1v) is 6.13. The van der Waals surface area contributed by atoms with Crippen molar-refractivity contribution in [2.75, 3.05) is 5.32 Å². The number of rotatable bonds is 5. The Morgan fingerprint density at radius 3 is 2.29 bits per heavy atom. The highest BCUT2D eigenvalue weighted by molar-refractivity contribution is 5.93. The van der Waals surface area contributed by atoms with E-state index in [2.05, 4.69) is 5.32 Å². The van der Waals surface area contributed by atoms with E-state index < -0.39 is 17.7 Å². The highest BCUT2D eigenvalue weighted by Gasteiger charge is 2.07. The fourth-order valence-electron chi connectivity index (χ4n) is 1.78. The molecule has 0 heterocycles. The first kappa shape index (κ1) is 14.5. The number of carboxylic acids is 1. The van der Waals surface area contributed by atoms with Crippen molar-refractivity contribution in [1.82, 2.24) is 0 Å². The van der Waals surface area contributed by atoms with Crippen LogP contribution in [-0.2, 0) is 6.54 Å². The quantitative estimate of drug-likeness (QED) is 0.786. The molecule has 108 valence electrons. The number of primary amides is 1. The number of hydrogen-bond donors (Lipinski definition) is 3. The minimum Gasteiger partial charge on any atom is -0.478 e. The Bertz CT molecular complexity index is 684. The van der Waals surface area contributed by atoms with E-state index >= 15 is 0 Å². The van der Waals surface area contributed by atoms with E-state index in [1.165, 1.54) is 24.3 Å². The molecular weight excluding hydrogens is 275 g/mol. The molecule has 0 aliphatic heterocycles. The first-order chi connectivity index (χ1) is 9.97. The summed E-state index contributed by atoms with van der Waals surface area (Å²) >= 11 is 0. The largest absolute Gasteiger partial charge is 0.478 e. The van der Waals surface area contributed by atoms with Crippen LogP contribution in [0.5, 0.6) is 0 Å². The maximum absolute atomic E-state index is 13.6. The highest BCUT2D eigenvalue weighted by atomic mass is 19.1. The summed E-state index contributed by atoms with van der Waals surface area (Å²) < 4.78 is 13.6. The summed E-state index contributed by atoms with van der Waals surface area (Å²) in [6, 6.07) is 10.0. The van der Waals surface area contributed by atoms with Crippen LogP contribution in [-0.4, -0.2) is 17.0 Å². The molecule has 4 N–H and O–H groups in total. The van der Waals surface area contributed by atoms with Crippen LogP contribution in [0.3, 0.4) is 0 Å². The van der Waals surface area contributed by atoms with E-state index in [1.54, 1.807) is 12.1 Å². The van der Waals surface area contributed by atoms with E-state index in [1.807, 2.05) is 0 Å². The van der Waals surface area contributed by atoms with Crippen LogP contribution in [0, 0.1) is 5.82 Å². The van der Waals surface area contributed by atoms with Gasteiger partial charge in [-0.25, -0.2) is 9.18 Å². The van der Waals surface area contributed by atoms with Gasteiger partial charge in [0.25, 0.3) is 0 Å². The number of nitrogens with two attached hydrogens (primary N) is 1. The number of carboxylic acid groups (broad SMARTS) is 1. The second-order valence-electron chi connectivity index (χ2n) is 4.41. The van der Waals surface area contributed by atoms with Gasteiger partial charge in [0, 0.05) is 12.1 Å². The molecule has 0 radical (unpaired) electrons. The molecule has 0 aliphatic rings. The predicted octanol–water partition coefficient (Wildman–Crippen LogP) is 2.23. The molecular formula is C15H13FN2O3. The van der Waals surface area contributed by atoms with Crippen molar-refractivity contribution in [2.24, 2.45) is 5.73 Å². The smallest absolute Gasteiger partial charge is 0.335 e. The standard InChI is InChI=1S/C15H13FN2O3/c16-12-6-5-11(14(17)19)7-13(12)18-8-9-1-3-10(4-2-9)15(20)21/h1-7,18H,8H2,(H2,17,19)(H,20,21). The van der Waals surface area contributed by atoms with Crippen molar-refractivity contribution in [3.8, 4) is 0 Å². The molecule has 2 aromatic rings. The third kappa shape index (κ3) is 3.56. The number of carbonyl (C=O) groups is 2. The van der Waals surface area contributed by atoms with E-state index in [-0.39, 0.29) is 16.8 Å². The summed E-state index contributed by atoms with van der Waals surface area (Å²) in [5, 5.41) is 11.6. The fraction of sp³-hybridized carbons (Fsp3) is 0.0667. The van der Waals surface area contributed by atoms with Crippen LogP contribution in [0.2, 0.25) is 0 Å². The van der Waals surface area contributed by atoms with Gasteiger partial charge in [-0.1, -0.05) is 12.1 Å². The lowest BCUT2D eigenvalue weighted by Gasteiger charge is -2.09. The number of carbonyl (C=O) groups excluding carboxylic acids is 1. The number of amides is 1. The average Bonchev–Trinajstić information content (AvgIpc) is 2.46. The molecule has 1 amide bonds. The highest BCUT2D eigenvalue weighted by Crippen LogP contribution is 2.17. The zero-order chi connectivity index (χ0) is 15.4. The van der Waals surface area contributed by atoms with E-state index in [0.717, 1.165) is 11.6 Å². The van der Waals surface area contributed by atoms with E-state index in [9.17, 15) is 14.0 Å². The first-order valence-electron chi connectivity index (χ1n) is 6.13. The van der Waals surface area contributed by atoms with Gasteiger partial charge in [0.2, 0.25) is 5.91 Å². The van der Waals surface area contributed by atoms with Gasteiger partial charge in [0.1, 0.15) is 5.82 Å². The molecule has 0 atom stereocenters. The van der Waals surface area contributed by atoms with Crippen molar-refractivity contribution in [2.45, 2.75) is 6.54 Å². The second-order valence-corrected chi connectivity index (χ2v) is 4.41. The number of benzene rings is 2. The molecule has 6 heteroatoms. The SMILES string of the molecule is NC(=O)c1ccc(F)c(NCc2ccc(C(=O)O)cc2)c1. The van der Waals surface area contributed by atoms with E-state index in [4.69, 9.17) is 10.8 Å². The molecule has 0 unspecified atom stereocenters. The molecule has 0 bridgehead atoms. The molecule has 0 aromatic heterocycles. The van der Waals surface area contributed by atoms with Crippen LogP contribution in [0.1, 0.15) is 26.3 Å². The number of aromatic carboxylic acids is 1. The average molecular weight is 288 g/mol. The van der Waals surface area contributed by atoms with Gasteiger partial charge in [-0.3, -0.25) is 4.79 Å². The Labute approximate surface area is 120 Å². The monoisotopic (exact) mass is 288 g/mol. The van der Waals surface area contributed by atoms with Crippen LogP contribution in [0.4, 0.5) is 10.1 Å². The molecule has 0 aliphatic carbocycles. The zero-order valence-electron chi connectivity index (χ0n) is 11.0. The van der Waals surface area contributed by atoms with Gasteiger partial charge < -0.3 is 16.2 Å². The summed E-state index contributed by atoms with van der Waals surface area (Å²) in [5.74, 6) is -2.14. The normalized spacial score (nSPS) is 10.1. The zero-order valence-corrected chi connectivity index (χ0v) is 11.0. The molecule has 5 nitrogen and oxygen atoms in total. The Morgan fingerprint density at radius 1 is 1.10 bits per heavy atom. The Balaban J connectivity index is 2.10. The Morgan fingerprint density at radius 2 is 1.71 bits per heavy atom. The van der Waals surface area contributed by atoms with Crippen LogP contribution in [0.25, 0.3) is 0 Å². The number of halogens is 1. The second kappa shape index (κ2) is 6.04. The Kier molecular flexibility index (Phi) is 4.18. The van der Waals surface area contributed by atoms with Crippen LogP contribution >= 0.6 is 0 Å². The lowest BCUT2D eigenvalue weighted by atomic mass is 10.1. The summed E-state index contributed by atoms with van der Waals surface area (Å²) in [5.41, 5.74) is 6.47. The molecule has 0 saturated heterocycles. The van der Waals surface area contributed by atoms with Gasteiger partial charge >= 0.3 is 5.97 Å². The number of nitrogens with one attached hydrogen (secondary N) is 1. The summed E-state index contributed by atoms with van der Waals surface area (Å²) in [6.45, 7) is 0.291. The van der Waals surface area contributed by atoms with E-state index in [0.29, 0.717) is 6.54 Å². The minimum absolute atomic E-state index is 0.161. The van der Waals surface area contributed by atoms with Crippen molar-refractivity contribution in [1.29, 1.82) is 0 Å². The summed E-state index contributed by atoms with van der Waals surface area (Å²) in [7, 11) is 0. The van der Waals surface area contributed by atoms with Gasteiger partial charge in [0.15, 0.2) is 0 Å². The molecule has 2 aromatic carbocycles. The molecule has 21 heavy (non-hydrogen) atoms. The molecule has 0 fully saturated rings. The lowest BCUT2D eigenvalue weighted by molar-refractivity contribution is 0.0696. The molecule has 0 saturated carbocycles. The summed E-state index contributed by atoms with van der Waals surface area (Å²) in [6.07, 6.45) is 0. The van der Waals surface area contributed by atoms with Crippen molar-refractivity contribution in [3.05, 3.63) is 65.0 Å². The maximum atomic E-state index is 13.6. The Hall–Kier alpha value is -2.89. The van der Waals surface area contributed by atoms with Crippen LogP contribution in [0.15, 0.2) is 42.5 Å². The minimum atomic E-state index is -1.00. The summed E-state index contributed by atoms with van der Waals surface area (Å²) in [4.78, 5) is 21.8. The number of anilines is 1. The predicted molar refractivity (Wildman–Crippen MR) is 75.6 cm³/mol. The van der Waals surface area contributed by atoms with Gasteiger partial charge in [0.05, 0.1) is 11.3 Å². The van der Waals surface area contributed by atoms with Gasteiger partial charge in [-0.05, 0) is 35.9 Å². The maximum Gasteiger partial charge on any atom is 0.335 e. The third-order valence-electron chi connectivity index (χ3n) is 2.93. The number of hydrogen-bond acceptors (Lipinski definition) is 3. The van der Waals surface area contributed by atoms with Gasteiger partial charge in [-0.15, -0.1) is 0 Å². The topological polar surface area (TPSA) is 92.4 Å². The van der Waals surface area contributed by atoms with Crippen molar-refractivity contribution < 1.29 is 19.1 Å². The van der Waals surface area contributed by atoms with Crippen molar-refractivity contribution in [3.63, 3.8) is 0 Å². The lowest BCUT2D eigenvalue weighted by Crippen LogP contribution is -2.12. The molecule has 0 spiro atoms. The third-order valence-corrected chi connectivity index (χ3v) is 2.93. The molecule has 2 rings (SSSR count). The fourth-order valence-corrected chi connectivity index (χ4v) is 1.78. The van der Waals surface area contributed by atoms with Crippen molar-refractivity contribution >= 4 is 17.6 Å².